The van der Waals surface area contributed by atoms with E-state index in [9.17, 15) is 0 Å². The van der Waals surface area contributed by atoms with E-state index in [2.05, 4.69) is 146 Å². The zero-order chi connectivity index (χ0) is 29.9. The van der Waals surface area contributed by atoms with Crippen molar-refractivity contribution >= 4 is 39.7 Å². The van der Waals surface area contributed by atoms with Gasteiger partial charge >= 0.3 is 0 Å². The molecule has 0 bridgehead atoms. The summed E-state index contributed by atoms with van der Waals surface area (Å²) in [5.74, 6) is 1.50. The fraction of sp³-hybridized carbons (Fsp3) is 0.0256. The molecule has 0 saturated heterocycles. The first-order valence-electron chi connectivity index (χ1n) is 14.7. The number of rotatable bonds is 7. The second-order valence-corrected chi connectivity index (χ2v) is 10.4. The Morgan fingerprint density at radius 1 is 0.568 bits per heavy atom. The SMILES string of the molecule is C=C/C(=C\C=C/C)c1nnc(-c2ccc(N3c4ccccc4N(c4ccccc4)c4ccccc43)cc2)n1-c1ccccc1. The molecule has 5 heteroatoms. The molecule has 0 radical (unpaired) electrons. The number of aromatic nitrogens is 3. The van der Waals surface area contributed by atoms with Crippen LogP contribution in [-0.2, 0) is 0 Å². The Morgan fingerprint density at radius 2 is 1.05 bits per heavy atom. The summed E-state index contributed by atoms with van der Waals surface area (Å²) in [6.45, 7) is 6.03. The van der Waals surface area contributed by atoms with Crippen LogP contribution in [0.5, 0.6) is 0 Å². The third kappa shape index (κ3) is 4.71. The lowest BCUT2D eigenvalue weighted by Gasteiger charge is -2.40. The number of nitrogens with zero attached hydrogens (tertiary/aromatic N) is 5. The smallest absolute Gasteiger partial charge is 0.168 e. The van der Waals surface area contributed by atoms with Gasteiger partial charge in [0.15, 0.2) is 11.6 Å². The highest BCUT2D eigenvalue weighted by Gasteiger charge is 2.30. The van der Waals surface area contributed by atoms with E-state index in [0.717, 1.165) is 62.6 Å². The summed E-state index contributed by atoms with van der Waals surface area (Å²) in [4.78, 5) is 4.66. The molecule has 2 heterocycles. The lowest BCUT2D eigenvalue weighted by molar-refractivity contribution is 1.03. The van der Waals surface area contributed by atoms with Gasteiger partial charge < -0.3 is 9.80 Å². The van der Waals surface area contributed by atoms with E-state index in [1.165, 1.54) is 0 Å². The number of para-hydroxylation sites is 6. The van der Waals surface area contributed by atoms with Gasteiger partial charge in [-0.3, -0.25) is 4.57 Å². The number of fused-ring (bicyclic) bond motifs is 2. The van der Waals surface area contributed by atoms with Crippen LogP contribution >= 0.6 is 0 Å². The first kappa shape index (κ1) is 26.9. The molecule has 0 amide bonds. The maximum absolute atomic E-state index is 4.68. The Balaban J connectivity index is 1.34. The van der Waals surface area contributed by atoms with Gasteiger partial charge in [0.25, 0.3) is 0 Å². The molecule has 7 rings (SSSR count). The van der Waals surface area contributed by atoms with Gasteiger partial charge in [0.1, 0.15) is 0 Å². The third-order valence-corrected chi connectivity index (χ3v) is 7.75. The molecule has 0 aliphatic carbocycles. The second-order valence-electron chi connectivity index (χ2n) is 10.4. The van der Waals surface area contributed by atoms with Crippen LogP contribution in [0.25, 0.3) is 22.6 Å². The van der Waals surface area contributed by atoms with Gasteiger partial charge in [-0.25, -0.2) is 0 Å². The molecule has 5 nitrogen and oxygen atoms in total. The van der Waals surface area contributed by atoms with Crippen LogP contribution in [-0.4, -0.2) is 14.8 Å². The molecule has 6 aromatic rings. The highest BCUT2D eigenvalue weighted by molar-refractivity contribution is 6.01. The molecule has 1 aliphatic rings. The van der Waals surface area contributed by atoms with Crippen molar-refractivity contribution in [3.8, 4) is 17.1 Å². The summed E-state index contributed by atoms with van der Waals surface area (Å²) >= 11 is 0. The summed E-state index contributed by atoms with van der Waals surface area (Å²) in [5.41, 5.74) is 9.51. The maximum atomic E-state index is 4.68. The second kappa shape index (κ2) is 11.7. The standard InChI is InChI=1S/C39H31N5/c1-3-5-16-29(4-2)38-40-41-39(44(38)32-19-10-7-11-20-32)30-25-27-33(28-26-30)43-36-23-14-12-21-34(36)42(31-17-8-6-9-18-31)35-22-13-15-24-37(35)43/h3-28H,2H2,1H3/b5-3-,29-16+. The normalized spacial score (nSPS) is 12.7. The van der Waals surface area contributed by atoms with Crippen molar-refractivity contribution in [2.45, 2.75) is 6.92 Å². The van der Waals surface area contributed by atoms with Gasteiger partial charge in [0, 0.05) is 28.2 Å². The van der Waals surface area contributed by atoms with Gasteiger partial charge in [-0.1, -0.05) is 91.5 Å². The average Bonchev–Trinajstić information content (AvgIpc) is 3.53. The molecule has 1 aliphatic heterocycles. The predicted molar refractivity (Wildman–Crippen MR) is 183 cm³/mol. The van der Waals surface area contributed by atoms with Crippen molar-refractivity contribution in [2.24, 2.45) is 0 Å². The van der Waals surface area contributed by atoms with Crippen LogP contribution in [0, 0.1) is 0 Å². The molecule has 44 heavy (non-hydrogen) atoms. The highest BCUT2D eigenvalue weighted by Crippen LogP contribution is 2.53. The number of hydrogen-bond acceptors (Lipinski definition) is 4. The molecule has 0 saturated carbocycles. The van der Waals surface area contributed by atoms with E-state index in [1.807, 2.05) is 49.4 Å². The average molecular weight is 570 g/mol. The number of allylic oxidation sites excluding steroid dienone is 5. The van der Waals surface area contributed by atoms with Crippen molar-refractivity contribution in [3.63, 3.8) is 0 Å². The van der Waals surface area contributed by atoms with Crippen molar-refractivity contribution in [2.75, 3.05) is 9.80 Å². The minimum Gasteiger partial charge on any atom is -0.306 e. The monoisotopic (exact) mass is 569 g/mol. The van der Waals surface area contributed by atoms with E-state index >= 15 is 0 Å². The van der Waals surface area contributed by atoms with Crippen molar-refractivity contribution < 1.29 is 0 Å². The number of anilines is 6. The summed E-state index contributed by atoms with van der Waals surface area (Å²) in [6, 6.07) is 46.4. The van der Waals surface area contributed by atoms with Crippen LogP contribution in [0.4, 0.5) is 34.1 Å². The Kier molecular flexibility index (Phi) is 7.19. The lowest BCUT2D eigenvalue weighted by atomic mass is 10.0. The Morgan fingerprint density at radius 3 is 1.55 bits per heavy atom. The first-order chi connectivity index (χ1) is 21.8. The van der Waals surface area contributed by atoms with Crippen LogP contribution in [0.3, 0.4) is 0 Å². The first-order valence-corrected chi connectivity index (χ1v) is 14.7. The highest BCUT2D eigenvalue weighted by atomic mass is 15.3. The zero-order valence-corrected chi connectivity index (χ0v) is 24.5. The minimum absolute atomic E-state index is 0.739. The molecule has 5 aromatic carbocycles. The number of benzene rings is 5. The molecule has 0 atom stereocenters. The third-order valence-electron chi connectivity index (χ3n) is 7.75. The number of hydrogen-bond donors (Lipinski definition) is 0. The van der Waals surface area contributed by atoms with Crippen molar-refractivity contribution in [1.82, 2.24) is 14.8 Å². The lowest BCUT2D eigenvalue weighted by Crippen LogP contribution is -2.23. The molecule has 1 aromatic heterocycles. The molecule has 0 spiro atoms. The summed E-state index contributed by atoms with van der Waals surface area (Å²) in [5, 5.41) is 9.30. The van der Waals surface area contributed by atoms with Gasteiger partial charge in [0.05, 0.1) is 22.7 Å². The van der Waals surface area contributed by atoms with E-state index in [0.29, 0.717) is 0 Å². The molecular formula is C39H31N5. The molecular weight excluding hydrogens is 538 g/mol. The minimum atomic E-state index is 0.739. The van der Waals surface area contributed by atoms with Crippen LogP contribution < -0.4 is 9.80 Å². The predicted octanol–water partition coefficient (Wildman–Crippen LogP) is 10.3. The molecule has 0 unspecified atom stereocenters. The van der Waals surface area contributed by atoms with Gasteiger partial charge in [-0.2, -0.15) is 0 Å². The fourth-order valence-corrected chi connectivity index (χ4v) is 5.75. The summed E-state index contributed by atoms with van der Waals surface area (Å²) in [7, 11) is 0. The Bertz CT molecular complexity index is 1940. The van der Waals surface area contributed by atoms with Crippen LogP contribution in [0.1, 0.15) is 12.7 Å². The Hall–Kier alpha value is -5.94. The van der Waals surface area contributed by atoms with E-state index < -0.39 is 0 Å². The van der Waals surface area contributed by atoms with E-state index in [4.69, 9.17) is 0 Å². The van der Waals surface area contributed by atoms with E-state index in [-0.39, 0.29) is 0 Å². The van der Waals surface area contributed by atoms with Crippen LogP contribution in [0.15, 0.2) is 164 Å². The van der Waals surface area contributed by atoms with Gasteiger partial charge in [-0.15, -0.1) is 10.2 Å². The summed E-state index contributed by atoms with van der Waals surface area (Å²) < 4.78 is 2.09. The van der Waals surface area contributed by atoms with Crippen molar-refractivity contribution in [1.29, 1.82) is 0 Å². The fourth-order valence-electron chi connectivity index (χ4n) is 5.75. The quantitative estimate of drug-likeness (QED) is 0.179. The largest absolute Gasteiger partial charge is 0.306 e. The van der Waals surface area contributed by atoms with Gasteiger partial charge in [0.2, 0.25) is 0 Å². The zero-order valence-electron chi connectivity index (χ0n) is 24.5. The maximum Gasteiger partial charge on any atom is 0.168 e. The molecule has 212 valence electrons. The molecule has 0 N–H and O–H groups in total. The van der Waals surface area contributed by atoms with Gasteiger partial charge in [-0.05, 0) is 79.7 Å². The van der Waals surface area contributed by atoms with Crippen molar-refractivity contribution in [3.05, 3.63) is 170 Å². The molecule has 0 fully saturated rings. The van der Waals surface area contributed by atoms with Crippen LogP contribution in [0.2, 0.25) is 0 Å². The summed E-state index contributed by atoms with van der Waals surface area (Å²) in [6.07, 6.45) is 7.80. The Labute approximate surface area is 258 Å². The van der Waals surface area contributed by atoms with E-state index in [1.54, 1.807) is 0 Å². The topological polar surface area (TPSA) is 37.2 Å².